The van der Waals surface area contributed by atoms with Crippen LogP contribution in [0.3, 0.4) is 0 Å². The van der Waals surface area contributed by atoms with E-state index in [1.807, 2.05) is 0 Å². The van der Waals surface area contributed by atoms with Crippen molar-refractivity contribution in [3.63, 3.8) is 0 Å². The number of pyridine rings is 1. The number of anilines is 1. The molecule has 0 atom stereocenters. The summed E-state index contributed by atoms with van der Waals surface area (Å²) in [4.78, 5) is 15.7. The van der Waals surface area contributed by atoms with Crippen molar-refractivity contribution >= 4 is 30.2 Å². The molecule has 0 aliphatic heterocycles. The van der Waals surface area contributed by atoms with Crippen LogP contribution in [0.1, 0.15) is 26.3 Å². The van der Waals surface area contributed by atoms with Gasteiger partial charge in [-0.05, 0) is 32.9 Å². The summed E-state index contributed by atoms with van der Waals surface area (Å²) < 4.78 is 13.6. The number of nitrogens with two attached hydrogens (primary N) is 1. The highest BCUT2D eigenvalue weighted by Crippen LogP contribution is 2.23. The highest BCUT2D eigenvalue weighted by atomic mass is 35.5. The lowest BCUT2D eigenvalue weighted by Gasteiger charge is -2.32. The topological polar surface area (TPSA) is 103 Å². The van der Waals surface area contributed by atoms with E-state index in [4.69, 9.17) is 16.2 Å². The Balaban J connectivity index is 0.00000324. The minimum absolute atomic E-state index is 0. The predicted octanol–water partition coefficient (Wildman–Crippen LogP) is 2.21. The molecule has 1 amide bonds. The molecule has 0 bridgehead atoms. The Labute approximate surface area is 116 Å². The molecule has 0 aromatic carbocycles. The summed E-state index contributed by atoms with van der Waals surface area (Å²) in [6.45, 7) is 5.00. The zero-order chi connectivity index (χ0) is 14.1. The van der Waals surface area contributed by atoms with Gasteiger partial charge in [-0.25, -0.2) is 9.78 Å². The summed E-state index contributed by atoms with van der Waals surface area (Å²) in [7, 11) is 0. The average Bonchev–Trinajstić information content (AvgIpc) is 2.13. The highest BCUT2D eigenvalue weighted by Gasteiger charge is 2.29. The molecule has 0 fully saturated rings. The first-order valence-corrected chi connectivity index (χ1v) is 5.18. The average molecular weight is 291 g/mol. The van der Waals surface area contributed by atoms with Crippen molar-refractivity contribution in [2.24, 2.45) is 5.73 Å². The van der Waals surface area contributed by atoms with Crippen LogP contribution in [0.5, 0.6) is 0 Å². The predicted molar refractivity (Wildman–Crippen MR) is 72.7 cm³/mol. The van der Waals surface area contributed by atoms with E-state index in [1.165, 1.54) is 12.1 Å². The van der Waals surface area contributed by atoms with Gasteiger partial charge < -0.3 is 10.8 Å². The van der Waals surface area contributed by atoms with Crippen LogP contribution < -0.4 is 10.6 Å². The molecule has 0 aliphatic rings. The molecule has 4 N–H and O–H groups in total. The van der Waals surface area contributed by atoms with Crippen LogP contribution in [0.15, 0.2) is 12.1 Å². The van der Waals surface area contributed by atoms with E-state index in [0.29, 0.717) is 0 Å². The van der Waals surface area contributed by atoms with Crippen molar-refractivity contribution in [1.29, 1.82) is 5.41 Å². The van der Waals surface area contributed by atoms with Crippen LogP contribution in [0.2, 0.25) is 0 Å². The Hall–Kier alpha value is -1.89. The van der Waals surface area contributed by atoms with Gasteiger partial charge in [0.2, 0.25) is 5.95 Å². The lowest BCUT2D eigenvalue weighted by atomic mass is 10.1. The Morgan fingerprint density at radius 3 is 2.32 bits per heavy atom. The Kier molecular flexibility index (Phi) is 5.25. The Morgan fingerprint density at radius 2 is 2.00 bits per heavy atom. The molecule has 0 spiro atoms. The normalized spacial score (nSPS) is 10.5. The number of nitrogens with one attached hydrogen (secondary N) is 1. The van der Waals surface area contributed by atoms with Crippen molar-refractivity contribution in [3.05, 3.63) is 23.6 Å². The number of rotatable bonds is 2. The molecule has 6 nitrogen and oxygen atoms in total. The second-order valence-corrected chi connectivity index (χ2v) is 4.71. The van der Waals surface area contributed by atoms with Crippen LogP contribution in [0.4, 0.5) is 15.0 Å². The molecule has 1 heterocycles. The Bertz CT molecular complexity index is 502. The fourth-order valence-electron chi connectivity index (χ4n) is 1.48. The maximum Gasteiger partial charge on any atom is 0.413 e. The number of nitrogens with zero attached hydrogens (tertiary/aromatic N) is 2. The fourth-order valence-corrected chi connectivity index (χ4v) is 1.48. The molecule has 1 aromatic heterocycles. The first kappa shape index (κ1) is 17.1. The molecule has 8 heteroatoms. The first-order valence-electron chi connectivity index (χ1n) is 5.18. The largest absolute Gasteiger partial charge is 0.465 e. The molecule has 19 heavy (non-hydrogen) atoms. The smallest absolute Gasteiger partial charge is 0.413 e. The van der Waals surface area contributed by atoms with Crippen molar-refractivity contribution in [2.45, 2.75) is 26.3 Å². The van der Waals surface area contributed by atoms with E-state index in [2.05, 4.69) is 4.98 Å². The molecule has 1 aromatic rings. The molecule has 0 radical (unpaired) electrons. The van der Waals surface area contributed by atoms with Gasteiger partial charge in [0.1, 0.15) is 11.7 Å². The summed E-state index contributed by atoms with van der Waals surface area (Å²) in [5.41, 5.74) is 4.24. The van der Waals surface area contributed by atoms with Crippen molar-refractivity contribution in [2.75, 3.05) is 4.90 Å². The minimum Gasteiger partial charge on any atom is -0.465 e. The first-order chi connectivity index (χ1) is 8.14. The molecule has 106 valence electrons. The number of halogens is 2. The quantitative estimate of drug-likeness (QED) is 0.441. The number of hydrogen-bond donors (Lipinski definition) is 3. The number of amidine groups is 1. The van der Waals surface area contributed by atoms with Crippen LogP contribution >= 0.6 is 12.4 Å². The maximum absolute atomic E-state index is 13.6. The van der Waals surface area contributed by atoms with E-state index < -0.39 is 23.4 Å². The summed E-state index contributed by atoms with van der Waals surface area (Å²) in [5, 5.41) is 16.3. The van der Waals surface area contributed by atoms with Crippen LogP contribution in [-0.4, -0.2) is 27.6 Å². The van der Waals surface area contributed by atoms with Crippen LogP contribution in [0, 0.1) is 11.4 Å². The molecule has 1 rings (SSSR count). The van der Waals surface area contributed by atoms with E-state index in [-0.39, 0.29) is 23.8 Å². The third-order valence-corrected chi connectivity index (χ3v) is 2.22. The maximum atomic E-state index is 13.6. The number of hydrogen-bond acceptors (Lipinski definition) is 3. The molecular weight excluding hydrogens is 275 g/mol. The second-order valence-electron chi connectivity index (χ2n) is 4.71. The van der Waals surface area contributed by atoms with Gasteiger partial charge in [0.25, 0.3) is 0 Å². The lowest BCUT2D eigenvalue weighted by molar-refractivity contribution is 0.195. The number of nitrogen functional groups attached to an aromatic ring is 1. The van der Waals surface area contributed by atoms with E-state index in [0.717, 1.165) is 4.90 Å². The molecule has 0 aliphatic carbocycles. The number of carboxylic acid groups (broad SMARTS) is 1. The Morgan fingerprint density at radius 1 is 1.47 bits per heavy atom. The third-order valence-electron chi connectivity index (χ3n) is 2.22. The van der Waals surface area contributed by atoms with E-state index in [9.17, 15) is 9.18 Å². The van der Waals surface area contributed by atoms with Gasteiger partial charge in [-0.1, -0.05) is 0 Å². The van der Waals surface area contributed by atoms with Gasteiger partial charge in [-0.3, -0.25) is 10.3 Å². The SMILES string of the molecule is CC(C)(C)N(C(=O)O)c1ccc(C(=N)N)c(F)n1.Cl. The van der Waals surface area contributed by atoms with Gasteiger partial charge in [-0.2, -0.15) is 4.39 Å². The van der Waals surface area contributed by atoms with Gasteiger partial charge in [0, 0.05) is 5.54 Å². The zero-order valence-electron chi connectivity index (χ0n) is 10.8. The summed E-state index contributed by atoms with van der Waals surface area (Å²) >= 11 is 0. The standard InChI is InChI=1S/C11H15FN4O2.ClH/c1-11(2,3)16(10(17)18)7-5-4-6(9(13)14)8(12)15-7;/h4-5H,1-3H3,(H3,13,14)(H,17,18);1H. The number of carbonyl (C=O) groups is 1. The fraction of sp³-hybridized carbons (Fsp3) is 0.364. The van der Waals surface area contributed by atoms with Gasteiger partial charge in [-0.15, -0.1) is 12.4 Å². The summed E-state index contributed by atoms with van der Waals surface area (Å²) in [6.07, 6.45) is -1.23. The molecular formula is C11H16ClFN4O2. The van der Waals surface area contributed by atoms with E-state index in [1.54, 1.807) is 20.8 Å². The number of aromatic nitrogens is 1. The monoisotopic (exact) mass is 290 g/mol. The van der Waals surface area contributed by atoms with Gasteiger partial charge in [0.05, 0.1) is 5.56 Å². The number of amides is 1. The van der Waals surface area contributed by atoms with Crippen molar-refractivity contribution in [3.8, 4) is 0 Å². The minimum atomic E-state index is -1.23. The summed E-state index contributed by atoms with van der Waals surface area (Å²) in [6, 6.07) is 2.56. The lowest BCUT2D eigenvalue weighted by Crippen LogP contribution is -2.45. The summed E-state index contributed by atoms with van der Waals surface area (Å²) in [5.74, 6) is -1.46. The highest BCUT2D eigenvalue weighted by molar-refractivity contribution is 5.95. The van der Waals surface area contributed by atoms with Gasteiger partial charge in [0.15, 0.2) is 0 Å². The van der Waals surface area contributed by atoms with Crippen LogP contribution in [-0.2, 0) is 0 Å². The van der Waals surface area contributed by atoms with Crippen LogP contribution in [0.25, 0.3) is 0 Å². The molecule has 0 saturated heterocycles. The molecule has 0 unspecified atom stereocenters. The zero-order valence-corrected chi connectivity index (χ0v) is 11.6. The molecule has 0 saturated carbocycles. The second kappa shape index (κ2) is 5.83. The van der Waals surface area contributed by atoms with Crippen molar-refractivity contribution < 1.29 is 14.3 Å². The van der Waals surface area contributed by atoms with Crippen molar-refractivity contribution in [1.82, 2.24) is 4.98 Å². The van der Waals surface area contributed by atoms with E-state index >= 15 is 0 Å². The third kappa shape index (κ3) is 3.78. The van der Waals surface area contributed by atoms with Gasteiger partial charge >= 0.3 is 6.09 Å².